The molecule has 2 aromatic carbocycles. The molecule has 0 aliphatic carbocycles. The number of carbonyl (C=O) groups excluding carboxylic acids is 2. The Balaban J connectivity index is 1.54. The van der Waals surface area contributed by atoms with Crippen molar-refractivity contribution in [3.8, 4) is 0 Å². The minimum Gasteiger partial charge on any atom is -0.325 e. The largest absolute Gasteiger partial charge is 0.325 e. The van der Waals surface area contributed by atoms with E-state index in [1.54, 1.807) is 30.3 Å². The number of anilines is 2. The highest BCUT2D eigenvalue weighted by molar-refractivity contribution is 9.10. The third kappa shape index (κ3) is 6.16. The van der Waals surface area contributed by atoms with Gasteiger partial charge in [0.15, 0.2) is 4.34 Å². The van der Waals surface area contributed by atoms with Gasteiger partial charge in [-0.25, -0.2) is 0 Å². The quantitative estimate of drug-likeness (QED) is 0.305. The van der Waals surface area contributed by atoms with Gasteiger partial charge in [-0.1, -0.05) is 68.3 Å². The summed E-state index contributed by atoms with van der Waals surface area (Å²) in [5.41, 5.74) is 1.88. The minimum absolute atomic E-state index is 0.144. The molecule has 0 aliphatic heterocycles. The summed E-state index contributed by atoms with van der Waals surface area (Å²) in [7, 11) is 0. The molecule has 1 aromatic heterocycles. The molecule has 2 N–H and O–H groups in total. The van der Waals surface area contributed by atoms with Gasteiger partial charge in [0.2, 0.25) is 11.0 Å². The van der Waals surface area contributed by atoms with Crippen molar-refractivity contribution in [2.45, 2.75) is 11.3 Å². The summed E-state index contributed by atoms with van der Waals surface area (Å²) in [6.07, 6.45) is 0. The normalized spacial score (nSPS) is 10.6. The summed E-state index contributed by atoms with van der Waals surface area (Å²) in [6, 6.07) is 10.3. The van der Waals surface area contributed by atoms with Gasteiger partial charge in [-0.3, -0.25) is 14.9 Å². The molecule has 0 unspecified atom stereocenters. The Kier molecular flexibility index (Phi) is 7.53. The van der Waals surface area contributed by atoms with Gasteiger partial charge in [-0.05, 0) is 42.8 Å². The molecule has 0 bridgehead atoms. The molecule has 150 valence electrons. The number of halogens is 3. The first-order valence-corrected chi connectivity index (χ1v) is 11.5. The monoisotopic (exact) mass is 530 g/mol. The van der Waals surface area contributed by atoms with Crippen LogP contribution in [0, 0.1) is 6.92 Å². The maximum absolute atomic E-state index is 12.4. The van der Waals surface area contributed by atoms with Crippen LogP contribution in [0.3, 0.4) is 0 Å². The van der Waals surface area contributed by atoms with E-state index in [2.05, 4.69) is 36.8 Å². The number of benzene rings is 2. The number of nitrogens with one attached hydrogen (secondary N) is 2. The summed E-state index contributed by atoms with van der Waals surface area (Å²) in [5, 5.41) is 14.6. The maximum Gasteiger partial charge on any atom is 0.259 e. The average Bonchev–Trinajstić information content (AvgIpc) is 3.12. The lowest BCUT2D eigenvalue weighted by atomic mass is 10.2. The summed E-state index contributed by atoms with van der Waals surface area (Å²) >= 11 is 17.8. The molecule has 29 heavy (non-hydrogen) atoms. The summed E-state index contributed by atoms with van der Waals surface area (Å²) in [4.78, 5) is 24.5. The van der Waals surface area contributed by atoms with Crippen LogP contribution >= 0.6 is 62.2 Å². The zero-order valence-corrected chi connectivity index (χ0v) is 19.6. The molecular formula is C18H13BrCl2N4O2S2. The van der Waals surface area contributed by atoms with Gasteiger partial charge in [0, 0.05) is 15.2 Å². The van der Waals surface area contributed by atoms with Gasteiger partial charge >= 0.3 is 0 Å². The van der Waals surface area contributed by atoms with Crippen molar-refractivity contribution in [3.63, 3.8) is 0 Å². The van der Waals surface area contributed by atoms with Crippen LogP contribution in [-0.2, 0) is 4.79 Å². The highest BCUT2D eigenvalue weighted by atomic mass is 79.9. The van der Waals surface area contributed by atoms with Gasteiger partial charge in [-0.2, -0.15) is 0 Å². The smallest absolute Gasteiger partial charge is 0.259 e. The Bertz CT molecular complexity index is 1080. The molecular weight excluding hydrogens is 519 g/mol. The SMILES string of the molecule is Cc1ccc(NC(=O)CSc2nnc(NC(=O)c3cc(Br)ccc3Cl)s2)cc1Cl. The van der Waals surface area contributed by atoms with Crippen LogP contribution in [0.2, 0.25) is 10.0 Å². The minimum atomic E-state index is -0.391. The predicted octanol–water partition coefficient (Wildman–Crippen LogP) is 5.90. The van der Waals surface area contributed by atoms with Crippen molar-refractivity contribution in [2.24, 2.45) is 0 Å². The first-order valence-electron chi connectivity index (χ1n) is 8.10. The number of hydrogen-bond acceptors (Lipinski definition) is 6. The molecule has 3 rings (SSSR count). The number of nitrogens with zero attached hydrogens (tertiary/aromatic N) is 2. The third-order valence-electron chi connectivity index (χ3n) is 3.58. The van der Waals surface area contributed by atoms with E-state index < -0.39 is 5.91 Å². The molecule has 0 saturated heterocycles. The zero-order valence-electron chi connectivity index (χ0n) is 14.8. The van der Waals surface area contributed by atoms with E-state index in [4.69, 9.17) is 23.2 Å². The molecule has 0 aliphatic rings. The van der Waals surface area contributed by atoms with E-state index in [9.17, 15) is 9.59 Å². The molecule has 0 fully saturated rings. The highest BCUT2D eigenvalue weighted by Gasteiger charge is 2.15. The lowest BCUT2D eigenvalue weighted by Crippen LogP contribution is -2.13. The summed E-state index contributed by atoms with van der Waals surface area (Å²) < 4.78 is 1.29. The van der Waals surface area contributed by atoms with Crippen molar-refractivity contribution in [2.75, 3.05) is 16.4 Å². The Morgan fingerprint density at radius 2 is 1.90 bits per heavy atom. The van der Waals surface area contributed by atoms with Gasteiger partial charge in [0.25, 0.3) is 5.91 Å². The van der Waals surface area contributed by atoms with Gasteiger partial charge in [-0.15, -0.1) is 10.2 Å². The fourth-order valence-electron chi connectivity index (χ4n) is 2.15. The summed E-state index contributed by atoms with van der Waals surface area (Å²) in [6.45, 7) is 1.89. The second-order valence-corrected chi connectivity index (χ2v) is 9.68. The predicted molar refractivity (Wildman–Crippen MR) is 123 cm³/mol. The van der Waals surface area contributed by atoms with E-state index in [0.717, 1.165) is 10.0 Å². The van der Waals surface area contributed by atoms with E-state index in [0.29, 0.717) is 30.8 Å². The molecule has 1 heterocycles. The number of aryl methyl sites for hydroxylation is 1. The number of rotatable bonds is 6. The number of amides is 2. The van der Waals surface area contributed by atoms with E-state index >= 15 is 0 Å². The Morgan fingerprint density at radius 3 is 2.66 bits per heavy atom. The van der Waals surface area contributed by atoms with Crippen molar-refractivity contribution in [3.05, 3.63) is 62.0 Å². The molecule has 3 aromatic rings. The van der Waals surface area contributed by atoms with E-state index in [1.807, 2.05) is 13.0 Å². The average molecular weight is 532 g/mol. The Morgan fingerprint density at radius 1 is 1.10 bits per heavy atom. The molecule has 2 amide bonds. The highest BCUT2D eigenvalue weighted by Crippen LogP contribution is 2.27. The maximum atomic E-state index is 12.4. The van der Waals surface area contributed by atoms with E-state index in [-0.39, 0.29) is 11.7 Å². The Hall–Kier alpha value is -1.65. The molecule has 11 heteroatoms. The number of hydrogen-bond donors (Lipinski definition) is 2. The van der Waals surface area contributed by atoms with Crippen LogP contribution in [0.25, 0.3) is 0 Å². The zero-order chi connectivity index (χ0) is 21.0. The van der Waals surface area contributed by atoms with Crippen LogP contribution < -0.4 is 10.6 Å². The van der Waals surface area contributed by atoms with Crippen LogP contribution in [0.4, 0.5) is 10.8 Å². The van der Waals surface area contributed by atoms with Crippen molar-refractivity contribution < 1.29 is 9.59 Å². The summed E-state index contributed by atoms with van der Waals surface area (Å²) in [5.74, 6) is -0.444. The third-order valence-corrected chi connectivity index (χ3v) is 6.78. The van der Waals surface area contributed by atoms with Gasteiger partial charge in [0.05, 0.1) is 16.3 Å². The van der Waals surface area contributed by atoms with Gasteiger partial charge < -0.3 is 5.32 Å². The number of thioether (sulfide) groups is 1. The van der Waals surface area contributed by atoms with Crippen LogP contribution in [0.1, 0.15) is 15.9 Å². The van der Waals surface area contributed by atoms with Crippen molar-refractivity contribution in [1.29, 1.82) is 0 Å². The number of aromatic nitrogens is 2. The lowest BCUT2D eigenvalue weighted by molar-refractivity contribution is -0.113. The van der Waals surface area contributed by atoms with Crippen LogP contribution in [0.15, 0.2) is 45.2 Å². The molecule has 6 nitrogen and oxygen atoms in total. The second kappa shape index (κ2) is 9.90. The molecule has 0 saturated carbocycles. The molecule has 0 atom stereocenters. The lowest BCUT2D eigenvalue weighted by Gasteiger charge is -2.06. The van der Waals surface area contributed by atoms with Crippen LogP contribution in [0.5, 0.6) is 0 Å². The fraction of sp³-hybridized carbons (Fsp3) is 0.111. The fourth-order valence-corrected chi connectivity index (χ4v) is 4.44. The molecule has 0 radical (unpaired) electrons. The first-order chi connectivity index (χ1) is 13.8. The Labute approximate surface area is 193 Å². The first kappa shape index (κ1) is 22.0. The molecule has 0 spiro atoms. The number of carbonyl (C=O) groups is 2. The second-order valence-electron chi connectivity index (χ2n) is 5.75. The van der Waals surface area contributed by atoms with Gasteiger partial charge in [0.1, 0.15) is 0 Å². The van der Waals surface area contributed by atoms with E-state index in [1.165, 1.54) is 23.1 Å². The van der Waals surface area contributed by atoms with Crippen molar-refractivity contribution >= 4 is 84.9 Å². The standard InChI is InChI=1S/C18H13BrCl2N4O2S2/c1-9-2-4-11(7-14(9)21)22-15(26)8-28-18-25-24-17(29-18)23-16(27)12-6-10(19)3-5-13(12)20/h2-7H,8H2,1H3,(H,22,26)(H,23,24,27). The topological polar surface area (TPSA) is 84.0 Å². The van der Waals surface area contributed by atoms with Crippen molar-refractivity contribution in [1.82, 2.24) is 10.2 Å². The van der Waals surface area contributed by atoms with Crippen LogP contribution in [-0.4, -0.2) is 27.8 Å².